The molecule has 2 N–H and O–H groups in total. The minimum atomic E-state index is 0.0243. The second kappa shape index (κ2) is 4.30. The number of rotatable bonds is 2. The SMILES string of the molecule is Cc1nc(C)c(C(=O)c2ccc(N)c(C)c2)s1. The maximum Gasteiger partial charge on any atom is 0.204 e. The van der Waals surface area contributed by atoms with E-state index in [0.717, 1.165) is 16.3 Å². The summed E-state index contributed by atoms with van der Waals surface area (Å²) in [6.45, 7) is 5.67. The van der Waals surface area contributed by atoms with E-state index in [1.54, 1.807) is 12.1 Å². The smallest absolute Gasteiger partial charge is 0.204 e. The zero-order valence-electron chi connectivity index (χ0n) is 10.1. The van der Waals surface area contributed by atoms with Gasteiger partial charge in [-0.05, 0) is 44.5 Å². The van der Waals surface area contributed by atoms with Crippen LogP contribution < -0.4 is 5.73 Å². The lowest BCUT2D eigenvalue weighted by atomic mass is 10.0. The number of thiazole rings is 1. The summed E-state index contributed by atoms with van der Waals surface area (Å²) in [5.74, 6) is 0.0243. The fraction of sp³-hybridized carbons (Fsp3) is 0.231. The molecule has 1 aromatic heterocycles. The van der Waals surface area contributed by atoms with Gasteiger partial charge in [0.1, 0.15) is 0 Å². The average molecular weight is 246 g/mol. The van der Waals surface area contributed by atoms with Crippen molar-refractivity contribution in [2.45, 2.75) is 20.8 Å². The van der Waals surface area contributed by atoms with Gasteiger partial charge in [0.05, 0.1) is 15.6 Å². The van der Waals surface area contributed by atoms with E-state index in [9.17, 15) is 4.79 Å². The topological polar surface area (TPSA) is 56.0 Å². The Kier molecular flexibility index (Phi) is 2.98. The van der Waals surface area contributed by atoms with E-state index in [1.807, 2.05) is 26.8 Å². The molecule has 0 fully saturated rings. The molecule has 2 aromatic rings. The van der Waals surface area contributed by atoms with Crippen LogP contribution in [0.2, 0.25) is 0 Å². The van der Waals surface area contributed by atoms with Crippen LogP contribution >= 0.6 is 11.3 Å². The molecule has 0 aliphatic carbocycles. The monoisotopic (exact) mass is 246 g/mol. The fourth-order valence-electron chi connectivity index (χ4n) is 1.69. The van der Waals surface area contributed by atoms with Crippen molar-refractivity contribution in [2.24, 2.45) is 0 Å². The molecule has 17 heavy (non-hydrogen) atoms. The Labute approximate surface area is 104 Å². The summed E-state index contributed by atoms with van der Waals surface area (Å²) in [6.07, 6.45) is 0. The second-order valence-corrected chi connectivity index (χ2v) is 5.25. The number of hydrogen-bond donors (Lipinski definition) is 1. The van der Waals surface area contributed by atoms with Gasteiger partial charge >= 0.3 is 0 Å². The Morgan fingerprint density at radius 1 is 1.29 bits per heavy atom. The van der Waals surface area contributed by atoms with Crippen molar-refractivity contribution in [3.63, 3.8) is 0 Å². The first-order chi connectivity index (χ1) is 7.99. The maximum atomic E-state index is 12.3. The standard InChI is InChI=1S/C13H14N2OS/c1-7-6-10(4-5-11(7)14)12(16)13-8(2)15-9(3)17-13/h4-6H,14H2,1-3H3. The quantitative estimate of drug-likeness (QED) is 0.654. The largest absolute Gasteiger partial charge is 0.399 e. The molecule has 0 aliphatic heterocycles. The number of nitrogens with two attached hydrogens (primary N) is 1. The van der Waals surface area contributed by atoms with E-state index < -0.39 is 0 Å². The summed E-state index contributed by atoms with van der Waals surface area (Å²) in [5.41, 5.74) is 8.84. The average Bonchev–Trinajstić information content (AvgIpc) is 2.61. The molecule has 3 nitrogen and oxygen atoms in total. The third kappa shape index (κ3) is 2.22. The van der Waals surface area contributed by atoms with Crippen molar-refractivity contribution in [3.05, 3.63) is 44.9 Å². The van der Waals surface area contributed by atoms with Gasteiger partial charge in [-0.15, -0.1) is 11.3 Å². The molecule has 1 aromatic carbocycles. The normalized spacial score (nSPS) is 10.5. The molecular formula is C13H14N2OS. The molecule has 0 spiro atoms. The summed E-state index contributed by atoms with van der Waals surface area (Å²) < 4.78 is 0. The molecule has 4 heteroatoms. The Balaban J connectivity index is 2.44. The van der Waals surface area contributed by atoms with Crippen LogP contribution in [0.5, 0.6) is 0 Å². The number of ketones is 1. The molecule has 0 saturated carbocycles. The lowest BCUT2D eigenvalue weighted by Gasteiger charge is -2.03. The van der Waals surface area contributed by atoms with Crippen LogP contribution in [0.4, 0.5) is 5.69 Å². The number of hydrogen-bond acceptors (Lipinski definition) is 4. The first kappa shape index (κ1) is 11.8. The van der Waals surface area contributed by atoms with Gasteiger partial charge in [0, 0.05) is 11.3 Å². The van der Waals surface area contributed by atoms with Gasteiger partial charge in [0.2, 0.25) is 5.78 Å². The number of nitrogens with zero attached hydrogens (tertiary/aromatic N) is 1. The molecule has 88 valence electrons. The van der Waals surface area contributed by atoms with Crippen LogP contribution in [0.25, 0.3) is 0 Å². The Morgan fingerprint density at radius 3 is 2.53 bits per heavy atom. The lowest BCUT2D eigenvalue weighted by Crippen LogP contribution is -2.02. The van der Waals surface area contributed by atoms with E-state index >= 15 is 0 Å². The minimum absolute atomic E-state index is 0.0243. The number of carbonyl (C=O) groups excluding carboxylic acids is 1. The predicted octanol–water partition coefficient (Wildman–Crippen LogP) is 2.88. The number of aryl methyl sites for hydroxylation is 3. The third-order valence-electron chi connectivity index (χ3n) is 2.64. The van der Waals surface area contributed by atoms with Crippen LogP contribution in [0.3, 0.4) is 0 Å². The molecule has 0 atom stereocenters. The molecule has 0 radical (unpaired) electrons. The van der Waals surface area contributed by atoms with Crippen LogP contribution in [0, 0.1) is 20.8 Å². The first-order valence-electron chi connectivity index (χ1n) is 5.34. The van der Waals surface area contributed by atoms with Crippen LogP contribution in [-0.2, 0) is 0 Å². The number of carbonyl (C=O) groups is 1. The number of benzene rings is 1. The highest BCUT2D eigenvalue weighted by Crippen LogP contribution is 2.22. The van der Waals surface area contributed by atoms with Gasteiger partial charge in [0.15, 0.2) is 0 Å². The van der Waals surface area contributed by atoms with Gasteiger partial charge in [0.25, 0.3) is 0 Å². The van der Waals surface area contributed by atoms with Crippen LogP contribution in [0.1, 0.15) is 31.5 Å². The van der Waals surface area contributed by atoms with E-state index in [-0.39, 0.29) is 5.78 Å². The zero-order chi connectivity index (χ0) is 12.6. The highest BCUT2D eigenvalue weighted by molar-refractivity contribution is 7.14. The molecule has 0 bridgehead atoms. The molecule has 0 amide bonds. The number of anilines is 1. The summed E-state index contributed by atoms with van der Waals surface area (Å²) in [7, 11) is 0. The number of nitrogen functional groups attached to an aromatic ring is 1. The Morgan fingerprint density at radius 2 is 2.00 bits per heavy atom. The molecule has 0 unspecified atom stereocenters. The highest BCUT2D eigenvalue weighted by Gasteiger charge is 2.16. The molecule has 2 rings (SSSR count). The van der Waals surface area contributed by atoms with E-state index in [1.165, 1.54) is 11.3 Å². The Hall–Kier alpha value is -1.68. The highest BCUT2D eigenvalue weighted by atomic mass is 32.1. The Bertz CT molecular complexity index is 587. The van der Waals surface area contributed by atoms with E-state index in [2.05, 4.69) is 4.98 Å². The van der Waals surface area contributed by atoms with Crippen LogP contribution in [-0.4, -0.2) is 10.8 Å². The van der Waals surface area contributed by atoms with Gasteiger partial charge < -0.3 is 5.73 Å². The maximum absolute atomic E-state index is 12.3. The number of aromatic nitrogens is 1. The summed E-state index contributed by atoms with van der Waals surface area (Å²) >= 11 is 1.44. The van der Waals surface area contributed by atoms with Crippen molar-refractivity contribution in [1.82, 2.24) is 4.98 Å². The van der Waals surface area contributed by atoms with Crippen molar-refractivity contribution >= 4 is 22.8 Å². The minimum Gasteiger partial charge on any atom is -0.399 e. The van der Waals surface area contributed by atoms with Crippen molar-refractivity contribution in [2.75, 3.05) is 5.73 Å². The van der Waals surface area contributed by atoms with Gasteiger partial charge in [-0.3, -0.25) is 4.79 Å². The predicted molar refractivity (Wildman–Crippen MR) is 70.6 cm³/mol. The lowest BCUT2D eigenvalue weighted by molar-refractivity contribution is 0.104. The molecular weight excluding hydrogens is 232 g/mol. The first-order valence-corrected chi connectivity index (χ1v) is 6.15. The van der Waals surface area contributed by atoms with Gasteiger partial charge in [-0.1, -0.05) is 0 Å². The van der Waals surface area contributed by atoms with Gasteiger partial charge in [-0.25, -0.2) is 4.98 Å². The van der Waals surface area contributed by atoms with Crippen molar-refractivity contribution in [1.29, 1.82) is 0 Å². The molecule has 0 saturated heterocycles. The van der Waals surface area contributed by atoms with Crippen molar-refractivity contribution < 1.29 is 4.79 Å². The molecule has 1 heterocycles. The third-order valence-corrected chi connectivity index (χ3v) is 3.71. The van der Waals surface area contributed by atoms with Crippen molar-refractivity contribution in [3.8, 4) is 0 Å². The fourth-order valence-corrected chi connectivity index (χ4v) is 2.57. The van der Waals surface area contributed by atoms with Crippen LogP contribution in [0.15, 0.2) is 18.2 Å². The summed E-state index contributed by atoms with van der Waals surface area (Å²) in [5, 5.41) is 0.915. The molecule has 0 aliphatic rings. The zero-order valence-corrected chi connectivity index (χ0v) is 10.9. The summed E-state index contributed by atoms with van der Waals surface area (Å²) in [4.78, 5) is 17.3. The second-order valence-electron chi connectivity index (χ2n) is 4.05. The van der Waals surface area contributed by atoms with E-state index in [4.69, 9.17) is 5.73 Å². The van der Waals surface area contributed by atoms with Gasteiger partial charge in [-0.2, -0.15) is 0 Å². The summed E-state index contributed by atoms with van der Waals surface area (Å²) in [6, 6.07) is 5.36. The van der Waals surface area contributed by atoms with E-state index in [0.29, 0.717) is 16.1 Å².